The molecule has 9 heteroatoms. The van der Waals surface area contributed by atoms with Crippen LogP contribution in [-0.2, 0) is 6.18 Å². The van der Waals surface area contributed by atoms with Gasteiger partial charge in [-0.1, -0.05) is 18.2 Å². The average Bonchev–Trinajstić information content (AvgIpc) is 3.22. The number of pyridine rings is 1. The topological polar surface area (TPSA) is 64.1 Å². The number of benzene rings is 2. The highest BCUT2D eigenvalue weighted by atomic mass is 32.1. The first-order chi connectivity index (χ1) is 15.4. The molecular formula is C23H16F3N3O2S. The number of fused-ring (bicyclic) bond motifs is 2. The van der Waals surface area contributed by atoms with Gasteiger partial charge < -0.3 is 10.1 Å². The number of carbonyl (C=O) groups excluding carboxylic acids is 1. The Morgan fingerprint density at radius 2 is 1.97 bits per heavy atom. The molecule has 0 radical (unpaired) electrons. The van der Waals surface area contributed by atoms with E-state index in [9.17, 15) is 18.0 Å². The van der Waals surface area contributed by atoms with Crippen LogP contribution in [0.15, 0.2) is 60.9 Å². The van der Waals surface area contributed by atoms with Crippen LogP contribution in [0.1, 0.15) is 33.9 Å². The van der Waals surface area contributed by atoms with Crippen LogP contribution < -0.4 is 10.1 Å². The third-order valence-corrected chi connectivity index (χ3v) is 6.29. The molecule has 2 aromatic heterocycles. The Kier molecular flexibility index (Phi) is 5.05. The number of aromatic nitrogens is 2. The minimum Gasteiger partial charge on any atom is -0.493 e. The monoisotopic (exact) mass is 455 g/mol. The fourth-order valence-corrected chi connectivity index (χ4v) is 4.62. The summed E-state index contributed by atoms with van der Waals surface area (Å²) in [5.41, 5.74) is 1.46. The molecule has 1 aliphatic rings. The van der Waals surface area contributed by atoms with Crippen molar-refractivity contribution in [3.63, 3.8) is 0 Å². The molecule has 1 N–H and O–H groups in total. The summed E-state index contributed by atoms with van der Waals surface area (Å²) < 4.78 is 45.4. The number of nitrogens with zero attached hydrogens (tertiary/aromatic N) is 2. The first-order valence-corrected chi connectivity index (χ1v) is 10.7. The Bertz CT molecular complexity index is 1320. The molecule has 3 heterocycles. The molecular weight excluding hydrogens is 439 g/mol. The second-order valence-electron chi connectivity index (χ2n) is 7.36. The molecule has 2 aromatic carbocycles. The standard InChI is InChI=1S/C23H16F3N3O2S/c24-23(25,26)15-9-14(11-27-12-15)22-29-18-6-5-13(10-20(18)32-22)21(30)28-17-7-8-31-19-4-2-1-3-16(17)19/h1-6,9-12,17H,7-8H2,(H,28,30). The number of ether oxygens (including phenoxy) is 1. The minimum atomic E-state index is -4.48. The Balaban J connectivity index is 1.41. The maximum atomic E-state index is 13.0. The minimum absolute atomic E-state index is 0.156. The number of hydrogen-bond donors (Lipinski definition) is 1. The van der Waals surface area contributed by atoms with Crippen molar-refractivity contribution < 1.29 is 22.7 Å². The van der Waals surface area contributed by atoms with Gasteiger partial charge in [0.15, 0.2) is 0 Å². The van der Waals surface area contributed by atoms with Gasteiger partial charge in [-0.25, -0.2) is 4.98 Å². The lowest BCUT2D eigenvalue weighted by Gasteiger charge is -2.26. The van der Waals surface area contributed by atoms with Gasteiger partial charge in [0.1, 0.15) is 10.8 Å². The molecule has 1 amide bonds. The summed E-state index contributed by atoms with van der Waals surface area (Å²) in [5.74, 6) is 0.533. The van der Waals surface area contributed by atoms with Crippen molar-refractivity contribution in [1.82, 2.24) is 15.3 Å². The number of para-hydroxylation sites is 1. The molecule has 32 heavy (non-hydrogen) atoms. The lowest BCUT2D eigenvalue weighted by molar-refractivity contribution is -0.137. The molecule has 0 bridgehead atoms. The Labute approximate surface area is 184 Å². The van der Waals surface area contributed by atoms with Crippen LogP contribution in [0.25, 0.3) is 20.8 Å². The van der Waals surface area contributed by atoms with E-state index in [4.69, 9.17) is 4.74 Å². The van der Waals surface area contributed by atoms with E-state index < -0.39 is 11.7 Å². The van der Waals surface area contributed by atoms with Crippen molar-refractivity contribution in [3.8, 4) is 16.3 Å². The number of thiazole rings is 1. The molecule has 0 aliphatic carbocycles. The molecule has 5 rings (SSSR count). The highest BCUT2D eigenvalue weighted by molar-refractivity contribution is 7.21. The molecule has 0 spiro atoms. The molecule has 0 saturated carbocycles. The van der Waals surface area contributed by atoms with Crippen molar-refractivity contribution in [3.05, 3.63) is 77.6 Å². The third kappa shape index (κ3) is 3.91. The lowest BCUT2D eigenvalue weighted by Crippen LogP contribution is -2.32. The van der Waals surface area contributed by atoms with Crippen LogP contribution in [0.2, 0.25) is 0 Å². The fourth-order valence-electron chi connectivity index (χ4n) is 3.63. The van der Waals surface area contributed by atoms with E-state index in [0.717, 1.165) is 23.6 Å². The number of rotatable bonds is 3. The van der Waals surface area contributed by atoms with E-state index in [1.807, 2.05) is 24.3 Å². The smallest absolute Gasteiger partial charge is 0.417 e. The van der Waals surface area contributed by atoms with Crippen molar-refractivity contribution in [2.24, 2.45) is 0 Å². The number of amides is 1. The quantitative estimate of drug-likeness (QED) is 0.435. The van der Waals surface area contributed by atoms with Gasteiger partial charge in [0.25, 0.3) is 5.91 Å². The summed E-state index contributed by atoms with van der Waals surface area (Å²) >= 11 is 1.22. The molecule has 4 aromatic rings. The van der Waals surface area contributed by atoms with Crippen LogP contribution in [0.5, 0.6) is 5.75 Å². The second-order valence-corrected chi connectivity index (χ2v) is 8.39. The van der Waals surface area contributed by atoms with Gasteiger partial charge in [-0.3, -0.25) is 9.78 Å². The summed E-state index contributed by atoms with van der Waals surface area (Å²) in [6.45, 7) is 0.518. The van der Waals surface area contributed by atoms with Crippen LogP contribution in [0.3, 0.4) is 0 Å². The number of carbonyl (C=O) groups is 1. The predicted molar refractivity (Wildman–Crippen MR) is 115 cm³/mol. The molecule has 162 valence electrons. The van der Waals surface area contributed by atoms with Crippen LogP contribution in [0.4, 0.5) is 13.2 Å². The first kappa shape index (κ1) is 20.4. The summed E-state index contributed by atoms with van der Waals surface area (Å²) in [5, 5.41) is 3.46. The van der Waals surface area contributed by atoms with Gasteiger partial charge in [0.05, 0.1) is 28.4 Å². The molecule has 1 aliphatic heterocycles. The second kappa shape index (κ2) is 7.90. The molecule has 1 unspecified atom stereocenters. The van der Waals surface area contributed by atoms with E-state index in [2.05, 4.69) is 15.3 Å². The largest absolute Gasteiger partial charge is 0.493 e. The Morgan fingerprint density at radius 3 is 2.81 bits per heavy atom. The van der Waals surface area contributed by atoms with E-state index in [-0.39, 0.29) is 17.5 Å². The van der Waals surface area contributed by atoms with Crippen LogP contribution in [0, 0.1) is 0 Å². The van der Waals surface area contributed by atoms with E-state index in [1.165, 1.54) is 17.5 Å². The zero-order chi connectivity index (χ0) is 22.3. The van der Waals surface area contributed by atoms with Gasteiger partial charge in [-0.2, -0.15) is 13.2 Å². The number of hydrogen-bond acceptors (Lipinski definition) is 5. The van der Waals surface area contributed by atoms with Crippen molar-refractivity contribution in [2.45, 2.75) is 18.6 Å². The van der Waals surface area contributed by atoms with Crippen LogP contribution in [-0.4, -0.2) is 22.5 Å². The zero-order valence-corrected chi connectivity index (χ0v) is 17.3. The lowest BCUT2D eigenvalue weighted by atomic mass is 10.00. The number of nitrogens with one attached hydrogen (secondary N) is 1. The Morgan fingerprint density at radius 1 is 1.12 bits per heavy atom. The normalized spacial score (nSPS) is 15.8. The van der Waals surface area contributed by atoms with Crippen LogP contribution >= 0.6 is 11.3 Å². The molecule has 0 saturated heterocycles. The zero-order valence-electron chi connectivity index (χ0n) is 16.5. The van der Waals surface area contributed by atoms with Gasteiger partial charge >= 0.3 is 6.18 Å². The molecule has 1 atom stereocenters. The summed E-state index contributed by atoms with van der Waals surface area (Å²) in [4.78, 5) is 21.0. The number of halogens is 3. The van der Waals surface area contributed by atoms with Crippen molar-refractivity contribution >= 4 is 27.5 Å². The summed E-state index contributed by atoms with van der Waals surface area (Å²) in [7, 11) is 0. The van der Waals surface area contributed by atoms with E-state index >= 15 is 0 Å². The SMILES string of the molecule is O=C(NC1CCOc2ccccc21)c1ccc2nc(-c3cncc(C(F)(F)F)c3)sc2c1. The maximum absolute atomic E-state index is 13.0. The van der Waals surface area contributed by atoms with E-state index in [1.54, 1.807) is 18.2 Å². The Hall–Kier alpha value is -3.46. The fraction of sp³-hybridized carbons (Fsp3) is 0.174. The third-order valence-electron chi connectivity index (χ3n) is 5.23. The first-order valence-electron chi connectivity index (χ1n) is 9.84. The predicted octanol–water partition coefficient (Wildman–Crippen LogP) is 5.63. The summed E-state index contributed by atoms with van der Waals surface area (Å²) in [6.07, 6.45) is -1.68. The average molecular weight is 455 g/mol. The van der Waals surface area contributed by atoms with E-state index in [0.29, 0.717) is 33.8 Å². The van der Waals surface area contributed by atoms with Gasteiger partial charge in [0, 0.05) is 35.5 Å². The highest BCUT2D eigenvalue weighted by Gasteiger charge is 2.31. The van der Waals surface area contributed by atoms with Crippen molar-refractivity contribution in [1.29, 1.82) is 0 Å². The van der Waals surface area contributed by atoms with Crippen molar-refractivity contribution in [2.75, 3.05) is 6.61 Å². The van der Waals surface area contributed by atoms with Gasteiger partial charge in [0.2, 0.25) is 0 Å². The maximum Gasteiger partial charge on any atom is 0.417 e. The number of alkyl halides is 3. The van der Waals surface area contributed by atoms with Gasteiger partial charge in [-0.05, 0) is 30.3 Å². The van der Waals surface area contributed by atoms with Gasteiger partial charge in [-0.15, -0.1) is 11.3 Å². The summed E-state index contributed by atoms with van der Waals surface area (Å²) in [6, 6.07) is 13.5. The molecule has 5 nitrogen and oxygen atoms in total. The highest BCUT2D eigenvalue weighted by Crippen LogP contribution is 2.35. The molecule has 0 fully saturated rings.